The van der Waals surface area contributed by atoms with E-state index in [0.717, 1.165) is 22.3 Å². The van der Waals surface area contributed by atoms with Gasteiger partial charge < -0.3 is 10.1 Å². The number of benzene rings is 3. The highest BCUT2D eigenvalue weighted by Gasteiger charge is 2.23. The smallest absolute Gasteiger partial charge is 0.251 e. The molecule has 4 aromatic rings. The Labute approximate surface area is 204 Å². The summed E-state index contributed by atoms with van der Waals surface area (Å²) in [5, 5.41) is 2.85. The number of fused-ring (bicyclic) bond motifs is 1. The van der Waals surface area contributed by atoms with Gasteiger partial charge in [0.25, 0.3) is 5.91 Å². The van der Waals surface area contributed by atoms with E-state index in [4.69, 9.17) is 4.74 Å². The standard InChI is InChI=1S/C28H24N2O4S/c31-28(24-10-11-25-19-34-14-15-35(32,33)27(25)17-24)30-18-26-16-23(12-13-29-26)22-8-6-21(7-9-22)20-4-2-1-3-5-20/h1-13,16-17H,14-15,18-19H2,(H,30,31). The van der Waals surface area contributed by atoms with E-state index in [1.807, 2.05) is 30.3 Å². The zero-order valence-corrected chi connectivity index (χ0v) is 19.8. The lowest BCUT2D eigenvalue weighted by Crippen LogP contribution is -2.23. The molecule has 0 bridgehead atoms. The number of rotatable bonds is 5. The molecular weight excluding hydrogens is 460 g/mol. The first kappa shape index (κ1) is 23.0. The van der Waals surface area contributed by atoms with Crippen LogP contribution >= 0.6 is 0 Å². The van der Waals surface area contributed by atoms with E-state index in [2.05, 4.69) is 46.7 Å². The largest absolute Gasteiger partial charge is 0.376 e. The van der Waals surface area contributed by atoms with E-state index in [0.29, 0.717) is 16.8 Å². The number of aromatic nitrogens is 1. The number of sulfone groups is 1. The highest BCUT2D eigenvalue weighted by atomic mass is 32.2. The van der Waals surface area contributed by atoms with Crippen LogP contribution in [-0.4, -0.2) is 31.7 Å². The zero-order chi connectivity index (χ0) is 24.3. The minimum Gasteiger partial charge on any atom is -0.376 e. The summed E-state index contributed by atoms with van der Waals surface area (Å²) in [7, 11) is -3.48. The molecule has 1 aliphatic rings. The van der Waals surface area contributed by atoms with Gasteiger partial charge in [-0.3, -0.25) is 9.78 Å². The van der Waals surface area contributed by atoms with Crippen LogP contribution in [0.3, 0.4) is 0 Å². The molecule has 3 aromatic carbocycles. The Bertz CT molecular complexity index is 1470. The van der Waals surface area contributed by atoms with Gasteiger partial charge in [0.05, 0.1) is 36.1 Å². The van der Waals surface area contributed by atoms with Crippen LogP contribution in [0, 0.1) is 0 Å². The van der Waals surface area contributed by atoms with E-state index in [1.54, 1.807) is 18.3 Å². The second kappa shape index (κ2) is 9.82. The van der Waals surface area contributed by atoms with Crippen molar-refractivity contribution >= 4 is 15.7 Å². The van der Waals surface area contributed by atoms with Gasteiger partial charge in [-0.25, -0.2) is 8.42 Å². The fourth-order valence-electron chi connectivity index (χ4n) is 4.08. The van der Waals surface area contributed by atoms with Crippen LogP contribution in [0.15, 0.2) is 96.0 Å². The molecule has 0 radical (unpaired) electrons. The van der Waals surface area contributed by atoms with Gasteiger partial charge in [-0.2, -0.15) is 0 Å². The van der Waals surface area contributed by atoms with Crippen LogP contribution in [0.4, 0.5) is 0 Å². The molecule has 35 heavy (non-hydrogen) atoms. The maximum atomic E-state index is 12.8. The van der Waals surface area contributed by atoms with Crippen molar-refractivity contribution < 1.29 is 17.9 Å². The number of amides is 1. The zero-order valence-electron chi connectivity index (χ0n) is 19.0. The molecule has 5 rings (SSSR count). The van der Waals surface area contributed by atoms with Gasteiger partial charge in [-0.05, 0) is 52.1 Å². The first-order valence-corrected chi connectivity index (χ1v) is 13.0. The number of pyridine rings is 1. The van der Waals surface area contributed by atoms with Gasteiger partial charge >= 0.3 is 0 Å². The van der Waals surface area contributed by atoms with Crippen molar-refractivity contribution in [1.29, 1.82) is 0 Å². The van der Waals surface area contributed by atoms with Gasteiger partial charge in [0, 0.05) is 11.8 Å². The number of ether oxygens (including phenoxy) is 1. The molecule has 1 aromatic heterocycles. The van der Waals surface area contributed by atoms with E-state index in [-0.39, 0.29) is 36.3 Å². The second-order valence-electron chi connectivity index (χ2n) is 8.36. The number of nitrogens with zero attached hydrogens (tertiary/aromatic N) is 1. The third-order valence-corrected chi connectivity index (χ3v) is 7.74. The highest BCUT2D eigenvalue weighted by molar-refractivity contribution is 7.91. The Morgan fingerprint density at radius 1 is 0.857 bits per heavy atom. The van der Waals surface area contributed by atoms with E-state index < -0.39 is 9.84 Å². The Kier molecular flexibility index (Phi) is 6.44. The molecule has 0 atom stereocenters. The van der Waals surface area contributed by atoms with Crippen molar-refractivity contribution in [3.05, 3.63) is 108 Å². The van der Waals surface area contributed by atoms with Crippen molar-refractivity contribution in [1.82, 2.24) is 10.3 Å². The molecular formula is C28H24N2O4S. The molecule has 0 unspecified atom stereocenters. The number of carbonyl (C=O) groups is 1. The molecule has 1 aliphatic heterocycles. The lowest BCUT2D eigenvalue weighted by Gasteiger charge is -2.10. The normalized spacial score (nSPS) is 14.5. The Morgan fingerprint density at radius 3 is 2.34 bits per heavy atom. The minimum atomic E-state index is -3.48. The quantitative estimate of drug-likeness (QED) is 0.446. The number of hydrogen-bond donors (Lipinski definition) is 1. The van der Waals surface area contributed by atoms with Crippen LogP contribution in [-0.2, 0) is 27.7 Å². The van der Waals surface area contributed by atoms with Crippen molar-refractivity contribution in [3.8, 4) is 22.3 Å². The summed E-state index contributed by atoms with van der Waals surface area (Å²) >= 11 is 0. The van der Waals surface area contributed by atoms with Crippen molar-refractivity contribution in [2.45, 2.75) is 18.0 Å². The minimum absolute atomic E-state index is 0.0892. The summed E-state index contributed by atoms with van der Waals surface area (Å²) in [6.45, 7) is 0.594. The molecule has 176 valence electrons. The van der Waals surface area contributed by atoms with Crippen LogP contribution < -0.4 is 5.32 Å². The van der Waals surface area contributed by atoms with E-state index >= 15 is 0 Å². The molecule has 1 amide bonds. The van der Waals surface area contributed by atoms with Gasteiger partial charge in [-0.15, -0.1) is 0 Å². The molecule has 0 aliphatic carbocycles. The summed E-state index contributed by atoms with van der Waals surface area (Å²) in [5.41, 5.74) is 5.94. The third kappa shape index (κ3) is 5.16. The summed E-state index contributed by atoms with van der Waals surface area (Å²) in [6.07, 6.45) is 1.72. The maximum absolute atomic E-state index is 12.8. The van der Waals surface area contributed by atoms with Gasteiger partial charge in [0.15, 0.2) is 9.84 Å². The molecule has 0 saturated heterocycles. The van der Waals surface area contributed by atoms with Crippen molar-refractivity contribution in [2.75, 3.05) is 12.4 Å². The highest BCUT2D eigenvalue weighted by Crippen LogP contribution is 2.25. The molecule has 7 heteroatoms. The Hall–Kier alpha value is -3.81. The summed E-state index contributed by atoms with van der Waals surface area (Å²) in [5.74, 6) is -0.443. The Morgan fingerprint density at radius 2 is 1.57 bits per heavy atom. The fraction of sp³-hybridized carbons (Fsp3) is 0.143. The molecule has 2 heterocycles. The maximum Gasteiger partial charge on any atom is 0.251 e. The van der Waals surface area contributed by atoms with Crippen molar-refractivity contribution in [2.24, 2.45) is 0 Å². The predicted molar refractivity (Wildman–Crippen MR) is 134 cm³/mol. The van der Waals surface area contributed by atoms with Gasteiger partial charge in [0.2, 0.25) is 0 Å². The first-order valence-electron chi connectivity index (χ1n) is 11.3. The number of hydrogen-bond acceptors (Lipinski definition) is 5. The summed E-state index contributed by atoms with van der Waals surface area (Å²) in [6, 6.07) is 27.1. The summed E-state index contributed by atoms with van der Waals surface area (Å²) < 4.78 is 30.3. The topological polar surface area (TPSA) is 85.4 Å². The first-order chi connectivity index (χ1) is 17.0. The molecule has 0 spiro atoms. The van der Waals surface area contributed by atoms with Crippen LogP contribution in [0.2, 0.25) is 0 Å². The monoisotopic (exact) mass is 484 g/mol. The molecule has 0 saturated carbocycles. The van der Waals surface area contributed by atoms with Crippen LogP contribution in [0.1, 0.15) is 21.6 Å². The van der Waals surface area contributed by atoms with Crippen molar-refractivity contribution in [3.63, 3.8) is 0 Å². The Balaban J connectivity index is 1.29. The molecule has 6 nitrogen and oxygen atoms in total. The van der Waals surface area contributed by atoms with Crippen LogP contribution in [0.25, 0.3) is 22.3 Å². The summed E-state index contributed by atoms with van der Waals surface area (Å²) in [4.78, 5) is 17.3. The van der Waals surface area contributed by atoms with Gasteiger partial charge in [0.1, 0.15) is 0 Å². The lowest BCUT2D eigenvalue weighted by molar-refractivity contribution is 0.0950. The predicted octanol–water partition coefficient (Wildman–Crippen LogP) is 4.65. The van der Waals surface area contributed by atoms with Gasteiger partial charge in [-0.1, -0.05) is 60.7 Å². The van der Waals surface area contributed by atoms with E-state index in [1.165, 1.54) is 6.07 Å². The lowest BCUT2D eigenvalue weighted by atomic mass is 10.0. The third-order valence-electron chi connectivity index (χ3n) is 5.99. The number of nitrogens with one attached hydrogen (secondary N) is 1. The average molecular weight is 485 g/mol. The van der Waals surface area contributed by atoms with E-state index in [9.17, 15) is 13.2 Å². The molecule has 1 N–H and O–H groups in total. The SMILES string of the molecule is O=C(NCc1cc(-c2ccc(-c3ccccc3)cc2)ccn1)c1ccc2c(c1)S(=O)(=O)CCOC2. The van der Waals surface area contributed by atoms with Crippen LogP contribution in [0.5, 0.6) is 0 Å². The second-order valence-corrected chi connectivity index (χ2v) is 10.4. The number of carbonyl (C=O) groups excluding carboxylic acids is 1. The molecule has 0 fully saturated rings. The fourth-order valence-corrected chi connectivity index (χ4v) is 5.47. The average Bonchev–Trinajstić information content (AvgIpc) is 3.05.